The van der Waals surface area contributed by atoms with Gasteiger partial charge in [0.25, 0.3) is 5.91 Å². The van der Waals surface area contributed by atoms with Crippen LogP contribution < -0.4 is 5.32 Å². The topological polar surface area (TPSA) is 70.7 Å². The second kappa shape index (κ2) is 5.15. The predicted molar refractivity (Wildman–Crippen MR) is 65.5 cm³/mol. The van der Waals surface area contributed by atoms with Crippen molar-refractivity contribution < 1.29 is 4.79 Å². The number of nitrogens with zero attached hydrogens (tertiary/aromatic N) is 3. The molecule has 0 unspecified atom stereocenters. The zero-order chi connectivity index (χ0) is 13.0. The Bertz CT molecular complexity index is 592. The van der Waals surface area contributed by atoms with E-state index >= 15 is 0 Å². The molecule has 0 spiro atoms. The third-order valence-corrected chi connectivity index (χ3v) is 2.60. The summed E-state index contributed by atoms with van der Waals surface area (Å²) in [6.45, 7) is 0.377. The summed E-state index contributed by atoms with van der Waals surface area (Å²) in [6.07, 6.45) is 3.51. The first-order valence-corrected chi connectivity index (χ1v) is 5.45. The van der Waals surface area contributed by atoms with Gasteiger partial charge in [-0.05, 0) is 24.3 Å². The lowest BCUT2D eigenvalue weighted by Gasteiger charge is -2.05. The van der Waals surface area contributed by atoms with Crippen LogP contribution in [0.4, 0.5) is 0 Å². The van der Waals surface area contributed by atoms with Crippen molar-refractivity contribution in [3.63, 3.8) is 0 Å². The summed E-state index contributed by atoms with van der Waals surface area (Å²) in [7, 11) is 1.87. The van der Waals surface area contributed by atoms with Crippen LogP contribution in [0.5, 0.6) is 0 Å². The number of aromatic nitrogens is 2. The molecule has 0 aliphatic rings. The summed E-state index contributed by atoms with van der Waals surface area (Å²) in [6, 6.07) is 8.51. The highest BCUT2D eigenvalue weighted by Gasteiger charge is 2.06. The highest BCUT2D eigenvalue weighted by Crippen LogP contribution is 2.03. The number of amides is 1. The molecule has 90 valence electrons. The van der Waals surface area contributed by atoms with Crippen LogP contribution in [0.2, 0.25) is 0 Å². The quantitative estimate of drug-likeness (QED) is 0.876. The van der Waals surface area contributed by atoms with Crippen LogP contribution in [0.15, 0.2) is 36.7 Å². The maximum absolute atomic E-state index is 11.8. The van der Waals surface area contributed by atoms with Crippen molar-refractivity contribution in [3.8, 4) is 6.07 Å². The number of nitrogens with one attached hydrogen (secondary N) is 1. The van der Waals surface area contributed by atoms with Crippen molar-refractivity contribution in [2.24, 2.45) is 7.05 Å². The molecule has 1 amide bonds. The molecular formula is C13H12N4O. The Morgan fingerprint density at radius 2 is 2.17 bits per heavy atom. The lowest BCUT2D eigenvalue weighted by molar-refractivity contribution is 0.0949. The van der Waals surface area contributed by atoms with Gasteiger partial charge in [0.2, 0.25) is 0 Å². The molecule has 2 rings (SSSR count). The second-order valence-corrected chi connectivity index (χ2v) is 3.83. The fourth-order valence-electron chi connectivity index (χ4n) is 1.52. The van der Waals surface area contributed by atoms with E-state index in [0.29, 0.717) is 17.7 Å². The molecule has 1 aromatic heterocycles. The van der Waals surface area contributed by atoms with Crippen molar-refractivity contribution >= 4 is 5.91 Å². The first-order chi connectivity index (χ1) is 8.70. The third-order valence-electron chi connectivity index (χ3n) is 2.60. The van der Waals surface area contributed by atoms with Crippen molar-refractivity contribution in [2.75, 3.05) is 0 Å². The number of hydrogen-bond acceptors (Lipinski definition) is 3. The Morgan fingerprint density at radius 3 is 2.72 bits per heavy atom. The van der Waals surface area contributed by atoms with E-state index in [0.717, 1.165) is 5.82 Å². The fraction of sp³-hybridized carbons (Fsp3) is 0.154. The molecule has 1 N–H and O–H groups in total. The molecule has 0 aliphatic heterocycles. The number of carbonyl (C=O) groups is 1. The number of benzene rings is 1. The van der Waals surface area contributed by atoms with E-state index < -0.39 is 0 Å². The summed E-state index contributed by atoms with van der Waals surface area (Å²) in [5, 5.41) is 11.4. The van der Waals surface area contributed by atoms with Gasteiger partial charge in [-0.25, -0.2) is 4.98 Å². The van der Waals surface area contributed by atoms with Crippen LogP contribution >= 0.6 is 0 Å². The number of rotatable bonds is 3. The van der Waals surface area contributed by atoms with Crippen LogP contribution in [0.25, 0.3) is 0 Å². The van der Waals surface area contributed by atoms with Crippen LogP contribution in [0, 0.1) is 11.3 Å². The standard InChI is InChI=1S/C13H12N4O/c1-17-7-6-15-12(17)9-16-13(18)11-4-2-10(8-14)3-5-11/h2-7H,9H2,1H3,(H,16,18). The van der Waals surface area contributed by atoms with Crippen molar-refractivity contribution in [1.82, 2.24) is 14.9 Å². The zero-order valence-electron chi connectivity index (χ0n) is 9.92. The Morgan fingerprint density at radius 1 is 1.44 bits per heavy atom. The third kappa shape index (κ3) is 2.55. The molecule has 0 saturated heterocycles. The second-order valence-electron chi connectivity index (χ2n) is 3.83. The largest absolute Gasteiger partial charge is 0.345 e. The molecular weight excluding hydrogens is 228 g/mol. The Kier molecular flexibility index (Phi) is 3.39. The smallest absolute Gasteiger partial charge is 0.251 e. The summed E-state index contributed by atoms with van der Waals surface area (Å²) < 4.78 is 1.85. The highest BCUT2D eigenvalue weighted by atomic mass is 16.1. The summed E-state index contributed by atoms with van der Waals surface area (Å²) in [4.78, 5) is 15.9. The van der Waals surface area contributed by atoms with Gasteiger partial charge >= 0.3 is 0 Å². The first-order valence-electron chi connectivity index (χ1n) is 5.45. The van der Waals surface area contributed by atoms with Gasteiger partial charge in [0.05, 0.1) is 18.2 Å². The lowest BCUT2D eigenvalue weighted by atomic mass is 10.1. The van der Waals surface area contributed by atoms with Crippen molar-refractivity contribution in [3.05, 3.63) is 53.6 Å². The van der Waals surface area contributed by atoms with E-state index in [1.54, 1.807) is 30.5 Å². The first kappa shape index (κ1) is 11.9. The van der Waals surface area contributed by atoms with E-state index in [4.69, 9.17) is 5.26 Å². The van der Waals surface area contributed by atoms with Crippen molar-refractivity contribution in [1.29, 1.82) is 5.26 Å². The molecule has 0 atom stereocenters. The highest BCUT2D eigenvalue weighted by molar-refractivity contribution is 5.94. The average molecular weight is 240 g/mol. The molecule has 0 radical (unpaired) electrons. The molecule has 2 aromatic rings. The molecule has 1 heterocycles. The number of aryl methyl sites for hydroxylation is 1. The van der Waals surface area contributed by atoms with Gasteiger partial charge in [0.15, 0.2) is 0 Å². The van der Waals surface area contributed by atoms with Crippen LogP contribution in [0.1, 0.15) is 21.7 Å². The number of nitriles is 1. The van der Waals surface area contributed by atoms with Crippen LogP contribution in [-0.2, 0) is 13.6 Å². The van der Waals surface area contributed by atoms with Gasteiger partial charge in [-0.3, -0.25) is 4.79 Å². The SMILES string of the molecule is Cn1ccnc1CNC(=O)c1ccc(C#N)cc1. The lowest BCUT2D eigenvalue weighted by Crippen LogP contribution is -2.24. The Hall–Kier alpha value is -2.61. The Labute approximate surface area is 105 Å². The minimum absolute atomic E-state index is 0.178. The van der Waals surface area contributed by atoms with Crippen molar-refractivity contribution in [2.45, 2.75) is 6.54 Å². The van der Waals surface area contributed by atoms with E-state index in [1.807, 2.05) is 23.9 Å². The normalized spacial score (nSPS) is 9.78. The van der Waals surface area contributed by atoms with Crippen LogP contribution in [0.3, 0.4) is 0 Å². The van der Waals surface area contributed by atoms with Gasteiger partial charge in [0, 0.05) is 25.0 Å². The zero-order valence-corrected chi connectivity index (χ0v) is 9.92. The molecule has 5 heteroatoms. The number of hydrogen-bond donors (Lipinski definition) is 1. The molecule has 0 fully saturated rings. The molecule has 1 aromatic carbocycles. The van der Waals surface area contributed by atoms with Gasteiger partial charge in [-0.2, -0.15) is 5.26 Å². The molecule has 0 aliphatic carbocycles. The minimum atomic E-state index is -0.178. The maximum atomic E-state index is 11.8. The fourth-order valence-corrected chi connectivity index (χ4v) is 1.52. The van der Waals surface area contributed by atoms with Gasteiger partial charge in [-0.1, -0.05) is 0 Å². The molecule has 5 nitrogen and oxygen atoms in total. The van der Waals surface area contributed by atoms with E-state index in [1.165, 1.54) is 0 Å². The summed E-state index contributed by atoms with van der Waals surface area (Å²) in [5.74, 6) is 0.611. The van der Waals surface area contributed by atoms with Gasteiger partial charge in [0.1, 0.15) is 5.82 Å². The van der Waals surface area contributed by atoms with Gasteiger partial charge < -0.3 is 9.88 Å². The average Bonchev–Trinajstić information content (AvgIpc) is 2.81. The molecule has 0 saturated carbocycles. The minimum Gasteiger partial charge on any atom is -0.345 e. The maximum Gasteiger partial charge on any atom is 0.251 e. The Balaban J connectivity index is 2.00. The summed E-state index contributed by atoms with van der Waals surface area (Å²) in [5.41, 5.74) is 1.07. The van der Waals surface area contributed by atoms with E-state index in [9.17, 15) is 4.79 Å². The molecule has 18 heavy (non-hydrogen) atoms. The van der Waals surface area contributed by atoms with Crippen LogP contribution in [-0.4, -0.2) is 15.5 Å². The monoisotopic (exact) mass is 240 g/mol. The van der Waals surface area contributed by atoms with E-state index in [-0.39, 0.29) is 5.91 Å². The molecule has 0 bridgehead atoms. The number of carbonyl (C=O) groups excluding carboxylic acids is 1. The number of imidazole rings is 1. The predicted octanol–water partition coefficient (Wildman–Crippen LogP) is 1.22. The van der Waals surface area contributed by atoms with E-state index in [2.05, 4.69) is 10.3 Å². The van der Waals surface area contributed by atoms with Gasteiger partial charge in [-0.15, -0.1) is 0 Å². The summed E-state index contributed by atoms with van der Waals surface area (Å²) >= 11 is 0.